The highest BCUT2D eigenvalue weighted by Gasteiger charge is 2.48. The minimum atomic E-state index is -5.16. The zero-order valence-electron chi connectivity index (χ0n) is 22.0. The van der Waals surface area contributed by atoms with E-state index in [1.54, 1.807) is 42.5 Å². The van der Waals surface area contributed by atoms with Crippen LogP contribution in [0.1, 0.15) is 48.4 Å². The number of anilines is 3. The fourth-order valence-corrected chi connectivity index (χ4v) is 5.34. The number of hydrogen-bond donors (Lipinski definition) is 1. The molecule has 0 aliphatic carbocycles. The fourth-order valence-electron chi connectivity index (χ4n) is 5.34. The van der Waals surface area contributed by atoms with E-state index in [4.69, 9.17) is 19.8 Å². The van der Waals surface area contributed by atoms with Crippen LogP contribution in [0.4, 0.5) is 30.2 Å². The Kier molecular flexibility index (Phi) is 7.49. The smallest absolute Gasteiger partial charge is 0.471 e. The molecule has 0 unspecified atom stereocenters. The van der Waals surface area contributed by atoms with Crippen LogP contribution in [-0.4, -0.2) is 42.9 Å². The van der Waals surface area contributed by atoms with Crippen molar-refractivity contribution in [3.05, 3.63) is 77.4 Å². The first-order chi connectivity index (χ1) is 19.6. The van der Waals surface area contributed by atoms with Crippen molar-refractivity contribution in [3.8, 4) is 17.6 Å². The van der Waals surface area contributed by atoms with Crippen molar-refractivity contribution in [3.63, 3.8) is 0 Å². The van der Waals surface area contributed by atoms with E-state index >= 15 is 0 Å². The number of carbonyl (C=O) groups is 2. The van der Waals surface area contributed by atoms with Gasteiger partial charge in [-0.1, -0.05) is 25.1 Å². The molecule has 41 heavy (non-hydrogen) atoms. The standard InChI is InChI=1S/C30H26F3N3O5/c1-2-12-35(20-8-6-18(15-34)7-9-20)24-5-3-4-23-25(17-41-28(23)24)36(29(39)30(31,32)33)21-10-11-22-19(13-27(37)38)16-40-26(22)14-21/h3-11,14,19,25H,2,12-13,16-17H2,1H3,(H,37,38)/t19-,25-/m1/s1. The minimum Gasteiger partial charge on any atom is -0.493 e. The molecular formula is C30H26F3N3O5. The molecule has 5 rings (SSSR count). The number of halogens is 3. The molecule has 0 bridgehead atoms. The first-order valence-corrected chi connectivity index (χ1v) is 13.0. The van der Waals surface area contributed by atoms with Gasteiger partial charge in [0.05, 0.1) is 36.4 Å². The third-order valence-electron chi connectivity index (χ3n) is 7.16. The number of hydrogen-bond acceptors (Lipinski definition) is 6. The van der Waals surface area contributed by atoms with E-state index in [2.05, 4.69) is 6.07 Å². The lowest BCUT2D eigenvalue weighted by molar-refractivity contribution is -0.171. The highest BCUT2D eigenvalue weighted by atomic mass is 19.4. The quantitative estimate of drug-likeness (QED) is 0.353. The molecule has 0 saturated carbocycles. The molecule has 8 nitrogen and oxygen atoms in total. The van der Waals surface area contributed by atoms with Crippen molar-refractivity contribution < 1.29 is 37.3 Å². The number of benzene rings is 3. The largest absolute Gasteiger partial charge is 0.493 e. The van der Waals surface area contributed by atoms with Crippen molar-refractivity contribution in [2.45, 2.75) is 37.9 Å². The van der Waals surface area contributed by atoms with E-state index in [0.717, 1.165) is 12.1 Å². The SMILES string of the molecule is CCCN(c1ccc(C#N)cc1)c1cccc2c1OC[C@H]2N(C(=O)C(F)(F)F)c1ccc2c(c1)OC[C@H]2CC(=O)O. The monoisotopic (exact) mass is 565 g/mol. The molecule has 2 atom stereocenters. The Labute approximate surface area is 234 Å². The van der Waals surface area contributed by atoms with Gasteiger partial charge in [0, 0.05) is 41.0 Å². The van der Waals surface area contributed by atoms with Gasteiger partial charge in [0.25, 0.3) is 0 Å². The van der Waals surface area contributed by atoms with Crippen LogP contribution in [0.15, 0.2) is 60.7 Å². The van der Waals surface area contributed by atoms with Gasteiger partial charge in [0.1, 0.15) is 18.1 Å². The van der Waals surface area contributed by atoms with Crippen LogP contribution in [0.25, 0.3) is 0 Å². The number of carboxylic acids is 1. The van der Waals surface area contributed by atoms with E-state index in [0.29, 0.717) is 39.6 Å². The summed E-state index contributed by atoms with van der Waals surface area (Å²) in [6.45, 7) is 2.44. The maximum atomic E-state index is 13.9. The van der Waals surface area contributed by atoms with Crippen molar-refractivity contribution in [1.82, 2.24) is 0 Å². The summed E-state index contributed by atoms with van der Waals surface area (Å²) in [7, 11) is 0. The molecule has 11 heteroatoms. The van der Waals surface area contributed by atoms with Gasteiger partial charge < -0.3 is 19.5 Å². The molecule has 212 valence electrons. The molecule has 0 aromatic heterocycles. The molecule has 2 heterocycles. The lowest BCUT2D eigenvalue weighted by atomic mass is 9.97. The van der Waals surface area contributed by atoms with E-state index in [1.165, 1.54) is 18.2 Å². The third-order valence-corrected chi connectivity index (χ3v) is 7.16. The predicted molar refractivity (Wildman–Crippen MR) is 144 cm³/mol. The molecule has 0 radical (unpaired) electrons. The molecule has 3 aromatic rings. The minimum absolute atomic E-state index is 0.0357. The lowest BCUT2D eigenvalue weighted by Gasteiger charge is -2.30. The summed E-state index contributed by atoms with van der Waals surface area (Å²) in [6, 6.07) is 17.4. The van der Waals surface area contributed by atoms with Crippen LogP contribution < -0.4 is 19.3 Å². The third kappa shape index (κ3) is 5.37. The number of alkyl halides is 3. The molecule has 2 aliphatic heterocycles. The van der Waals surface area contributed by atoms with Crippen molar-refractivity contribution in [1.29, 1.82) is 5.26 Å². The van der Waals surface area contributed by atoms with Gasteiger partial charge in [-0.15, -0.1) is 0 Å². The maximum Gasteiger partial charge on any atom is 0.471 e. The Morgan fingerprint density at radius 1 is 1.02 bits per heavy atom. The second-order valence-electron chi connectivity index (χ2n) is 9.83. The second-order valence-corrected chi connectivity index (χ2v) is 9.83. The predicted octanol–water partition coefficient (Wildman–Crippen LogP) is 6.09. The number of rotatable bonds is 8. The van der Waals surface area contributed by atoms with Crippen molar-refractivity contribution in [2.75, 3.05) is 29.6 Å². The Hall–Kier alpha value is -4.72. The fraction of sp³-hybridized carbons (Fsp3) is 0.300. The number of ether oxygens (including phenoxy) is 2. The van der Waals surface area contributed by atoms with Crippen LogP contribution in [0, 0.1) is 11.3 Å². The summed E-state index contributed by atoms with van der Waals surface area (Å²) >= 11 is 0. The summed E-state index contributed by atoms with van der Waals surface area (Å²) in [5.41, 5.74) is 2.85. The first-order valence-electron chi connectivity index (χ1n) is 13.0. The number of carbonyl (C=O) groups excluding carboxylic acids is 1. The average Bonchev–Trinajstić information content (AvgIpc) is 3.55. The summed E-state index contributed by atoms with van der Waals surface area (Å²) in [5, 5.41) is 18.3. The summed E-state index contributed by atoms with van der Waals surface area (Å²) < 4.78 is 53.4. The molecule has 3 aromatic carbocycles. The summed E-state index contributed by atoms with van der Waals surface area (Å²) in [6.07, 6.45) is -4.59. The molecular weight excluding hydrogens is 539 g/mol. The van der Waals surface area contributed by atoms with E-state index < -0.39 is 30.0 Å². The molecule has 0 spiro atoms. The van der Waals surface area contributed by atoms with Gasteiger partial charge in [-0.25, -0.2) is 0 Å². The van der Waals surface area contributed by atoms with Crippen LogP contribution in [-0.2, 0) is 9.59 Å². The first kappa shape index (κ1) is 27.8. The topological polar surface area (TPSA) is 103 Å². The molecule has 1 amide bonds. The van der Waals surface area contributed by atoms with Crippen molar-refractivity contribution in [2.24, 2.45) is 0 Å². The number of aliphatic carboxylic acids is 1. The van der Waals surface area contributed by atoms with E-state index in [9.17, 15) is 22.8 Å². The van der Waals surface area contributed by atoms with Crippen LogP contribution in [0.2, 0.25) is 0 Å². The highest BCUT2D eigenvalue weighted by molar-refractivity contribution is 5.98. The normalized spacial score (nSPS) is 17.0. The van der Waals surface area contributed by atoms with E-state index in [-0.39, 0.29) is 31.1 Å². The Bertz CT molecular complexity index is 1520. The zero-order valence-corrected chi connectivity index (χ0v) is 22.0. The number of nitriles is 1. The second kappa shape index (κ2) is 11.0. The van der Waals surface area contributed by atoms with Gasteiger partial charge in [0.2, 0.25) is 0 Å². The molecule has 0 fully saturated rings. The molecule has 1 N–H and O–H groups in total. The van der Waals surface area contributed by atoms with Gasteiger partial charge in [-0.3, -0.25) is 14.5 Å². The molecule has 2 aliphatic rings. The van der Waals surface area contributed by atoms with Gasteiger partial charge in [-0.2, -0.15) is 18.4 Å². The van der Waals surface area contributed by atoms with Crippen LogP contribution >= 0.6 is 0 Å². The zero-order chi connectivity index (χ0) is 29.3. The summed E-state index contributed by atoms with van der Waals surface area (Å²) in [5.74, 6) is -2.89. The number of amides is 1. The van der Waals surface area contributed by atoms with Gasteiger partial charge >= 0.3 is 18.1 Å². The van der Waals surface area contributed by atoms with Crippen LogP contribution in [0.3, 0.4) is 0 Å². The molecule has 0 saturated heterocycles. The van der Waals surface area contributed by atoms with Gasteiger partial charge in [-0.05, 0) is 42.8 Å². The Morgan fingerprint density at radius 2 is 1.76 bits per heavy atom. The van der Waals surface area contributed by atoms with Gasteiger partial charge in [0.15, 0.2) is 0 Å². The highest BCUT2D eigenvalue weighted by Crippen LogP contribution is 2.48. The van der Waals surface area contributed by atoms with Crippen molar-refractivity contribution >= 4 is 28.9 Å². The van der Waals surface area contributed by atoms with Crippen LogP contribution in [0.5, 0.6) is 11.5 Å². The lowest BCUT2D eigenvalue weighted by Crippen LogP contribution is -2.44. The van der Waals surface area contributed by atoms with E-state index in [1.807, 2.05) is 11.8 Å². The Balaban J connectivity index is 1.55. The summed E-state index contributed by atoms with van der Waals surface area (Å²) in [4.78, 5) is 26.7. The number of carboxylic acid groups (broad SMARTS) is 1. The number of nitrogens with zero attached hydrogens (tertiary/aromatic N) is 3. The maximum absolute atomic E-state index is 13.9. The number of para-hydroxylation sites is 1. The number of fused-ring (bicyclic) bond motifs is 2. The Morgan fingerprint density at radius 3 is 2.41 bits per heavy atom. The average molecular weight is 566 g/mol.